The van der Waals surface area contributed by atoms with Gasteiger partial charge in [-0.25, -0.2) is 0 Å². The maximum absolute atomic E-state index is 12.3. The zero-order valence-electron chi connectivity index (χ0n) is 17.2. The molecule has 0 aliphatic rings. The summed E-state index contributed by atoms with van der Waals surface area (Å²) in [5.41, 5.74) is 3.07. The summed E-state index contributed by atoms with van der Waals surface area (Å²) >= 11 is 0. The summed E-state index contributed by atoms with van der Waals surface area (Å²) in [6.45, 7) is 4.50. The first-order valence-corrected chi connectivity index (χ1v) is 9.78. The van der Waals surface area contributed by atoms with Gasteiger partial charge in [0.25, 0.3) is 5.91 Å². The number of carbonyl (C=O) groups is 2. The zero-order valence-corrected chi connectivity index (χ0v) is 17.2. The number of likely N-dealkylation sites (N-methyl/N-ethyl adjacent to an activating group) is 1. The lowest BCUT2D eigenvalue weighted by atomic mass is 10.0. The fourth-order valence-electron chi connectivity index (χ4n) is 3.08. The van der Waals surface area contributed by atoms with E-state index in [4.69, 9.17) is 0 Å². The van der Waals surface area contributed by atoms with Crippen molar-refractivity contribution in [3.63, 3.8) is 0 Å². The van der Waals surface area contributed by atoms with E-state index in [0.717, 1.165) is 6.42 Å². The van der Waals surface area contributed by atoms with Crippen molar-refractivity contribution in [2.24, 2.45) is 0 Å². The molecule has 2 aromatic rings. The molecule has 2 N–H and O–H groups in total. The summed E-state index contributed by atoms with van der Waals surface area (Å²) in [5, 5.41) is 5.87. The molecule has 0 heterocycles. The summed E-state index contributed by atoms with van der Waals surface area (Å²) in [7, 11) is 4.01. The Hall–Kier alpha value is -2.66. The van der Waals surface area contributed by atoms with E-state index in [2.05, 4.69) is 46.7 Å². The molecule has 0 saturated carbocycles. The molecule has 0 bridgehead atoms. The second kappa shape index (κ2) is 10.6. The van der Waals surface area contributed by atoms with Gasteiger partial charge in [-0.15, -0.1) is 0 Å². The molecule has 2 amide bonds. The fourth-order valence-corrected chi connectivity index (χ4v) is 3.08. The van der Waals surface area contributed by atoms with Gasteiger partial charge < -0.3 is 15.5 Å². The van der Waals surface area contributed by atoms with Crippen molar-refractivity contribution in [2.45, 2.75) is 38.8 Å². The van der Waals surface area contributed by atoms with Crippen molar-refractivity contribution in [3.8, 4) is 0 Å². The minimum absolute atomic E-state index is 0.0714. The molecule has 5 heteroatoms. The number of nitrogens with zero attached hydrogens (tertiary/aromatic N) is 1. The Morgan fingerprint density at radius 2 is 1.64 bits per heavy atom. The highest BCUT2D eigenvalue weighted by Gasteiger charge is 2.17. The molecule has 28 heavy (non-hydrogen) atoms. The molecule has 0 radical (unpaired) electrons. The van der Waals surface area contributed by atoms with Gasteiger partial charge in [-0.05, 0) is 50.7 Å². The Kier molecular flexibility index (Phi) is 8.20. The van der Waals surface area contributed by atoms with Gasteiger partial charge in [0.1, 0.15) is 0 Å². The van der Waals surface area contributed by atoms with Gasteiger partial charge in [0.15, 0.2) is 0 Å². The van der Waals surface area contributed by atoms with Gasteiger partial charge in [0.05, 0.1) is 6.04 Å². The predicted molar refractivity (Wildman–Crippen MR) is 113 cm³/mol. The highest BCUT2D eigenvalue weighted by Crippen LogP contribution is 2.18. The van der Waals surface area contributed by atoms with Crippen LogP contribution >= 0.6 is 0 Å². The van der Waals surface area contributed by atoms with Crippen LogP contribution in [0, 0.1) is 0 Å². The number of hydrogen-bond acceptors (Lipinski definition) is 3. The van der Waals surface area contributed by atoms with Gasteiger partial charge in [-0.3, -0.25) is 9.59 Å². The fraction of sp³-hybridized carbons (Fsp3) is 0.391. The Bertz CT molecular complexity index is 757. The molecule has 0 spiro atoms. The molecule has 0 aliphatic carbocycles. The average molecular weight is 382 g/mol. The Labute approximate surface area is 168 Å². The van der Waals surface area contributed by atoms with Gasteiger partial charge in [0.2, 0.25) is 5.91 Å². The first-order valence-electron chi connectivity index (χ1n) is 9.78. The predicted octanol–water partition coefficient (Wildman–Crippen LogP) is 3.18. The lowest BCUT2D eigenvalue weighted by molar-refractivity contribution is -0.121. The number of aryl methyl sites for hydroxylation is 1. The topological polar surface area (TPSA) is 61.4 Å². The van der Waals surface area contributed by atoms with Crippen molar-refractivity contribution in [3.05, 3.63) is 71.3 Å². The van der Waals surface area contributed by atoms with E-state index < -0.39 is 0 Å². The van der Waals surface area contributed by atoms with Crippen LogP contribution in [0.2, 0.25) is 0 Å². The first kappa shape index (κ1) is 21.6. The third-order valence-electron chi connectivity index (χ3n) is 4.79. The van der Waals surface area contributed by atoms with Crippen molar-refractivity contribution in [2.75, 3.05) is 20.6 Å². The van der Waals surface area contributed by atoms with Crippen LogP contribution < -0.4 is 10.6 Å². The molecule has 0 fully saturated rings. The second-order valence-electron chi connectivity index (χ2n) is 7.32. The monoisotopic (exact) mass is 381 g/mol. The molecule has 2 rings (SSSR count). The maximum atomic E-state index is 12.3. The van der Waals surface area contributed by atoms with Crippen LogP contribution in [-0.4, -0.2) is 43.4 Å². The van der Waals surface area contributed by atoms with E-state index in [0.29, 0.717) is 12.1 Å². The standard InChI is InChI=1S/C23H31N3O2/c1-5-18-11-13-19(14-12-18)21(26(3)4)16-24-22(27)15-17(2)25-23(28)20-9-7-6-8-10-20/h6-14,17,21H,5,15-16H2,1-4H3,(H,24,27)(H,25,28). The first-order chi connectivity index (χ1) is 13.4. The molecular formula is C23H31N3O2. The van der Waals surface area contributed by atoms with Gasteiger partial charge in [-0.2, -0.15) is 0 Å². The van der Waals surface area contributed by atoms with Crippen LogP contribution in [0.15, 0.2) is 54.6 Å². The van der Waals surface area contributed by atoms with E-state index in [-0.39, 0.29) is 30.3 Å². The van der Waals surface area contributed by atoms with Gasteiger partial charge >= 0.3 is 0 Å². The number of nitrogens with one attached hydrogen (secondary N) is 2. The Morgan fingerprint density at radius 3 is 2.21 bits per heavy atom. The molecule has 150 valence electrons. The highest BCUT2D eigenvalue weighted by molar-refractivity contribution is 5.94. The molecule has 2 unspecified atom stereocenters. The summed E-state index contributed by atoms with van der Waals surface area (Å²) < 4.78 is 0. The summed E-state index contributed by atoms with van der Waals surface area (Å²) in [5.74, 6) is -0.235. The average Bonchev–Trinajstić information content (AvgIpc) is 2.68. The summed E-state index contributed by atoms with van der Waals surface area (Å²) in [6, 6.07) is 17.4. The van der Waals surface area contributed by atoms with E-state index in [1.165, 1.54) is 11.1 Å². The molecule has 2 aromatic carbocycles. The quantitative estimate of drug-likeness (QED) is 0.701. The van der Waals surface area contributed by atoms with Crippen molar-refractivity contribution < 1.29 is 9.59 Å². The zero-order chi connectivity index (χ0) is 20.5. The smallest absolute Gasteiger partial charge is 0.251 e. The largest absolute Gasteiger partial charge is 0.354 e. The van der Waals surface area contributed by atoms with E-state index >= 15 is 0 Å². The van der Waals surface area contributed by atoms with Crippen molar-refractivity contribution in [1.29, 1.82) is 0 Å². The van der Waals surface area contributed by atoms with Crippen molar-refractivity contribution >= 4 is 11.8 Å². The van der Waals surface area contributed by atoms with Crippen LogP contribution in [-0.2, 0) is 11.2 Å². The Balaban J connectivity index is 1.85. The third kappa shape index (κ3) is 6.50. The number of carbonyl (C=O) groups excluding carboxylic acids is 2. The molecular weight excluding hydrogens is 350 g/mol. The molecule has 5 nitrogen and oxygen atoms in total. The maximum Gasteiger partial charge on any atom is 0.251 e. The van der Waals surface area contributed by atoms with E-state index in [9.17, 15) is 9.59 Å². The summed E-state index contributed by atoms with van der Waals surface area (Å²) in [6.07, 6.45) is 1.25. The van der Waals surface area contributed by atoms with Gasteiger partial charge in [-0.1, -0.05) is 49.4 Å². The molecule has 0 aliphatic heterocycles. The Morgan fingerprint density at radius 1 is 1.00 bits per heavy atom. The van der Waals surface area contributed by atoms with Crippen LogP contribution in [0.1, 0.15) is 47.8 Å². The van der Waals surface area contributed by atoms with E-state index in [1.54, 1.807) is 12.1 Å². The second-order valence-corrected chi connectivity index (χ2v) is 7.32. The minimum Gasteiger partial charge on any atom is -0.354 e. The summed E-state index contributed by atoms with van der Waals surface area (Å²) in [4.78, 5) is 26.6. The number of amides is 2. The van der Waals surface area contributed by atoms with Crippen LogP contribution in [0.5, 0.6) is 0 Å². The number of rotatable bonds is 9. The normalized spacial score (nSPS) is 13.0. The minimum atomic E-state index is -0.241. The van der Waals surface area contributed by atoms with Crippen LogP contribution in [0.25, 0.3) is 0 Å². The highest BCUT2D eigenvalue weighted by atomic mass is 16.2. The molecule has 0 aromatic heterocycles. The van der Waals surface area contributed by atoms with Crippen LogP contribution in [0.4, 0.5) is 0 Å². The van der Waals surface area contributed by atoms with Crippen LogP contribution in [0.3, 0.4) is 0 Å². The molecule has 0 saturated heterocycles. The number of benzene rings is 2. The lowest BCUT2D eigenvalue weighted by Crippen LogP contribution is -2.39. The van der Waals surface area contributed by atoms with E-state index in [1.807, 2.05) is 39.2 Å². The van der Waals surface area contributed by atoms with Crippen molar-refractivity contribution in [1.82, 2.24) is 15.5 Å². The third-order valence-corrected chi connectivity index (χ3v) is 4.79. The molecule has 2 atom stereocenters. The number of hydrogen-bond donors (Lipinski definition) is 2. The SMILES string of the molecule is CCc1ccc(C(CNC(=O)CC(C)NC(=O)c2ccccc2)N(C)C)cc1. The van der Waals surface area contributed by atoms with Gasteiger partial charge in [0, 0.05) is 24.6 Å². The lowest BCUT2D eigenvalue weighted by Gasteiger charge is -2.25.